The maximum atomic E-state index is 12.4. The number of carbonyl (C=O) groups excluding carboxylic acids is 1. The Morgan fingerprint density at radius 1 is 1.16 bits per heavy atom. The molecule has 2 aromatic heterocycles. The van der Waals surface area contributed by atoms with Crippen LogP contribution in [-0.4, -0.2) is 35.2 Å². The number of aromatic nitrogens is 2. The second kappa shape index (κ2) is 6.76. The molecule has 1 fully saturated rings. The van der Waals surface area contributed by atoms with Gasteiger partial charge in [0.15, 0.2) is 11.5 Å². The summed E-state index contributed by atoms with van der Waals surface area (Å²) in [5, 5.41) is 6.93. The van der Waals surface area contributed by atoms with Crippen LogP contribution in [0.15, 0.2) is 65.3 Å². The van der Waals surface area contributed by atoms with Gasteiger partial charge < -0.3 is 14.7 Å². The maximum Gasteiger partial charge on any atom is 0.273 e. The molecule has 1 aliphatic rings. The summed E-state index contributed by atoms with van der Waals surface area (Å²) >= 11 is 0. The zero-order valence-corrected chi connectivity index (χ0v) is 13.6. The third-order valence-electron chi connectivity index (χ3n) is 4.30. The Morgan fingerprint density at radius 3 is 2.80 bits per heavy atom. The Balaban J connectivity index is 1.39. The number of anilines is 1. The van der Waals surface area contributed by atoms with Crippen LogP contribution in [0.25, 0.3) is 11.3 Å². The summed E-state index contributed by atoms with van der Waals surface area (Å²) < 4.78 is 5.30. The van der Waals surface area contributed by atoms with Gasteiger partial charge in [0.25, 0.3) is 5.91 Å². The van der Waals surface area contributed by atoms with Gasteiger partial charge in [-0.15, -0.1) is 0 Å². The summed E-state index contributed by atoms with van der Waals surface area (Å²) in [6.07, 6.45) is 2.66. The summed E-state index contributed by atoms with van der Waals surface area (Å²) in [5.41, 5.74) is 1.20. The van der Waals surface area contributed by atoms with Crippen molar-refractivity contribution in [3.8, 4) is 11.3 Å². The van der Waals surface area contributed by atoms with Gasteiger partial charge in [-0.1, -0.05) is 41.6 Å². The Kier molecular flexibility index (Phi) is 4.16. The smallest absolute Gasteiger partial charge is 0.273 e. The van der Waals surface area contributed by atoms with Crippen LogP contribution in [-0.2, 0) is 0 Å². The monoisotopic (exact) mass is 334 g/mol. The molecule has 1 aliphatic heterocycles. The van der Waals surface area contributed by atoms with Crippen LogP contribution in [0.2, 0.25) is 0 Å². The van der Waals surface area contributed by atoms with E-state index in [-0.39, 0.29) is 11.9 Å². The van der Waals surface area contributed by atoms with Crippen molar-refractivity contribution in [2.75, 3.05) is 18.0 Å². The number of rotatable bonds is 4. The highest BCUT2D eigenvalue weighted by Gasteiger charge is 2.26. The van der Waals surface area contributed by atoms with Crippen LogP contribution < -0.4 is 10.2 Å². The molecule has 1 N–H and O–H groups in total. The molecule has 1 aromatic carbocycles. The van der Waals surface area contributed by atoms with Gasteiger partial charge in [-0.05, 0) is 18.6 Å². The molecule has 0 saturated carbocycles. The van der Waals surface area contributed by atoms with E-state index in [0.717, 1.165) is 30.9 Å². The summed E-state index contributed by atoms with van der Waals surface area (Å²) in [5.74, 6) is 1.32. The fraction of sp³-hybridized carbons (Fsp3) is 0.211. The Labute approximate surface area is 145 Å². The van der Waals surface area contributed by atoms with Crippen molar-refractivity contribution < 1.29 is 9.32 Å². The summed E-state index contributed by atoms with van der Waals surface area (Å²) in [6.45, 7) is 1.61. The number of benzene rings is 1. The zero-order valence-electron chi connectivity index (χ0n) is 13.6. The van der Waals surface area contributed by atoms with Gasteiger partial charge in [0.2, 0.25) is 0 Å². The number of nitrogens with one attached hydrogen (secondary N) is 1. The minimum Gasteiger partial charge on any atom is -0.355 e. The van der Waals surface area contributed by atoms with Gasteiger partial charge in [-0.3, -0.25) is 4.79 Å². The van der Waals surface area contributed by atoms with E-state index in [1.807, 2.05) is 48.5 Å². The molecule has 126 valence electrons. The largest absolute Gasteiger partial charge is 0.355 e. The highest BCUT2D eigenvalue weighted by Crippen LogP contribution is 2.21. The van der Waals surface area contributed by atoms with E-state index in [9.17, 15) is 4.79 Å². The molecule has 1 atom stereocenters. The molecule has 1 amide bonds. The van der Waals surface area contributed by atoms with Gasteiger partial charge in [-0.25, -0.2) is 4.98 Å². The Morgan fingerprint density at radius 2 is 2.00 bits per heavy atom. The van der Waals surface area contributed by atoms with Crippen LogP contribution >= 0.6 is 0 Å². The number of pyridine rings is 1. The van der Waals surface area contributed by atoms with E-state index in [1.54, 1.807) is 12.3 Å². The summed E-state index contributed by atoms with van der Waals surface area (Å²) in [7, 11) is 0. The van der Waals surface area contributed by atoms with Crippen molar-refractivity contribution in [3.63, 3.8) is 0 Å². The van der Waals surface area contributed by atoms with Gasteiger partial charge in [-0.2, -0.15) is 0 Å². The first kappa shape index (κ1) is 15.4. The third kappa shape index (κ3) is 3.38. The molecule has 0 radical (unpaired) electrons. The maximum absolute atomic E-state index is 12.4. The molecule has 4 rings (SSSR count). The number of carbonyl (C=O) groups is 1. The molecular weight excluding hydrogens is 316 g/mol. The van der Waals surface area contributed by atoms with E-state index in [2.05, 4.69) is 20.4 Å². The molecule has 25 heavy (non-hydrogen) atoms. The highest BCUT2D eigenvalue weighted by molar-refractivity contribution is 5.93. The molecule has 0 unspecified atom stereocenters. The fourth-order valence-corrected chi connectivity index (χ4v) is 3.01. The van der Waals surface area contributed by atoms with Crippen molar-refractivity contribution in [2.24, 2.45) is 0 Å². The summed E-state index contributed by atoms with van der Waals surface area (Å²) in [6, 6.07) is 17.2. The van der Waals surface area contributed by atoms with E-state index in [4.69, 9.17) is 4.52 Å². The molecule has 0 spiro atoms. The lowest BCUT2D eigenvalue weighted by molar-refractivity contribution is 0.0931. The standard InChI is InChI=1S/C19H18N4O2/c24-19(16-12-17(25-22-16)14-6-2-1-3-7-14)21-15-9-11-23(13-15)18-8-4-5-10-20-18/h1-8,10,12,15H,9,11,13H2,(H,21,24)/t15-/m1/s1. The molecule has 6 heteroatoms. The minimum atomic E-state index is -0.209. The first-order chi connectivity index (χ1) is 12.3. The topological polar surface area (TPSA) is 71.3 Å². The summed E-state index contributed by atoms with van der Waals surface area (Å²) in [4.78, 5) is 18.9. The molecule has 1 saturated heterocycles. The van der Waals surface area contributed by atoms with Crippen molar-refractivity contribution >= 4 is 11.7 Å². The van der Waals surface area contributed by atoms with Crippen LogP contribution in [0.3, 0.4) is 0 Å². The number of hydrogen-bond acceptors (Lipinski definition) is 5. The minimum absolute atomic E-state index is 0.0754. The second-order valence-corrected chi connectivity index (χ2v) is 6.04. The second-order valence-electron chi connectivity index (χ2n) is 6.04. The molecule has 3 aromatic rings. The number of nitrogens with zero attached hydrogens (tertiary/aromatic N) is 3. The predicted molar refractivity (Wildman–Crippen MR) is 94.3 cm³/mol. The first-order valence-corrected chi connectivity index (χ1v) is 8.28. The molecule has 6 nitrogen and oxygen atoms in total. The molecule has 3 heterocycles. The lowest BCUT2D eigenvalue weighted by atomic mass is 10.1. The van der Waals surface area contributed by atoms with Gasteiger partial charge in [0.1, 0.15) is 5.82 Å². The van der Waals surface area contributed by atoms with Crippen LogP contribution in [0.5, 0.6) is 0 Å². The van der Waals surface area contributed by atoms with Crippen LogP contribution in [0.4, 0.5) is 5.82 Å². The highest BCUT2D eigenvalue weighted by atomic mass is 16.5. The average molecular weight is 334 g/mol. The first-order valence-electron chi connectivity index (χ1n) is 8.28. The zero-order chi connectivity index (χ0) is 17.1. The Bertz CT molecular complexity index is 848. The third-order valence-corrected chi connectivity index (χ3v) is 4.30. The quantitative estimate of drug-likeness (QED) is 0.794. The lowest BCUT2D eigenvalue weighted by Crippen LogP contribution is -2.37. The fourth-order valence-electron chi connectivity index (χ4n) is 3.01. The van der Waals surface area contributed by atoms with Crippen LogP contribution in [0.1, 0.15) is 16.9 Å². The molecule has 0 bridgehead atoms. The average Bonchev–Trinajstić information content (AvgIpc) is 3.33. The lowest BCUT2D eigenvalue weighted by Gasteiger charge is -2.17. The van der Waals surface area contributed by atoms with Crippen molar-refractivity contribution in [2.45, 2.75) is 12.5 Å². The van der Waals surface area contributed by atoms with Crippen molar-refractivity contribution in [1.82, 2.24) is 15.5 Å². The molecule has 0 aliphatic carbocycles. The van der Waals surface area contributed by atoms with E-state index in [1.165, 1.54) is 0 Å². The number of amides is 1. The Hall–Kier alpha value is -3.15. The van der Waals surface area contributed by atoms with E-state index in [0.29, 0.717) is 11.5 Å². The normalized spacial score (nSPS) is 16.8. The van der Waals surface area contributed by atoms with Gasteiger partial charge in [0, 0.05) is 37.0 Å². The number of hydrogen-bond donors (Lipinski definition) is 1. The van der Waals surface area contributed by atoms with E-state index < -0.39 is 0 Å². The van der Waals surface area contributed by atoms with Gasteiger partial charge >= 0.3 is 0 Å². The van der Waals surface area contributed by atoms with Crippen LogP contribution in [0, 0.1) is 0 Å². The predicted octanol–water partition coefficient (Wildman–Crippen LogP) is 2.75. The van der Waals surface area contributed by atoms with Crippen molar-refractivity contribution in [1.29, 1.82) is 0 Å². The molecular formula is C19H18N4O2. The SMILES string of the molecule is O=C(N[C@@H]1CCN(c2ccccn2)C1)c1cc(-c2ccccc2)on1. The van der Waals surface area contributed by atoms with E-state index >= 15 is 0 Å². The van der Waals surface area contributed by atoms with Gasteiger partial charge in [0.05, 0.1) is 0 Å². The van der Waals surface area contributed by atoms with Crippen molar-refractivity contribution in [3.05, 3.63) is 66.5 Å².